The first-order chi connectivity index (χ1) is 9.56. The van der Waals surface area contributed by atoms with Crippen molar-refractivity contribution in [2.75, 3.05) is 5.73 Å². The molecular weight excluding hydrogens is 254 g/mol. The minimum atomic E-state index is 0.477. The summed E-state index contributed by atoms with van der Waals surface area (Å²) in [4.78, 5) is 4.44. The number of nitrogen functional groups attached to an aromatic ring is 1. The van der Waals surface area contributed by atoms with Crippen molar-refractivity contribution in [2.24, 2.45) is 7.05 Å². The molecule has 2 heterocycles. The van der Waals surface area contributed by atoms with Gasteiger partial charge in [-0.2, -0.15) is 10.1 Å². The Morgan fingerprint density at radius 2 is 2.05 bits per heavy atom. The molecule has 0 aliphatic heterocycles. The highest BCUT2D eigenvalue weighted by molar-refractivity contribution is 5.65. The van der Waals surface area contributed by atoms with Gasteiger partial charge in [-0.15, -0.1) is 0 Å². The SMILES string of the molecule is Cc1nn(C)c(C)c1-c1nc(-c2cccc(N)c2)no1. The quantitative estimate of drug-likeness (QED) is 0.722. The normalized spacial score (nSPS) is 10.9. The highest BCUT2D eigenvalue weighted by Crippen LogP contribution is 2.27. The van der Waals surface area contributed by atoms with Crippen molar-refractivity contribution >= 4 is 5.69 Å². The summed E-state index contributed by atoms with van der Waals surface area (Å²) in [5.41, 5.74) is 10.0. The number of nitrogens with zero attached hydrogens (tertiary/aromatic N) is 4. The third-order valence-corrected chi connectivity index (χ3v) is 3.29. The van der Waals surface area contributed by atoms with E-state index in [9.17, 15) is 0 Å². The molecule has 3 aromatic rings. The molecular formula is C14H15N5O. The van der Waals surface area contributed by atoms with Crippen molar-refractivity contribution in [1.29, 1.82) is 0 Å². The van der Waals surface area contributed by atoms with Crippen LogP contribution in [0.15, 0.2) is 28.8 Å². The van der Waals surface area contributed by atoms with Gasteiger partial charge in [0.15, 0.2) is 0 Å². The van der Waals surface area contributed by atoms with Gasteiger partial charge in [-0.1, -0.05) is 17.3 Å². The van der Waals surface area contributed by atoms with Gasteiger partial charge in [0.1, 0.15) is 0 Å². The fourth-order valence-corrected chi connectivity index (χ4v) is 2.20. The molecule has 20 heavy (non-hydrogen) atoms. The van der Waals surface area contributed by atoms with Crippen LogP contribution in [-0.4, -0.2) is 19.9 Å². The summed E-state index contributed by atoms with van der Waals surface area (Å²) in [6.07, 6.45) is 0. The van der Waals surface area contributed by atoms with E-state index in [-0.39, 0.29) is 0 Å². The van der Waals surface area contributed by atoms with E-state index in [4.69, 9.17) is 10.3 Å². The molecule has 6 heteroatoms. The first-order valence-electron chi connectivity index (χ1n) is 6.26. The fourth-order valence-electron chi connectivity index (χ4n) is 2.20. The van der Waals surface area contributed by atoms with Gasteiger partial charge >= 0.3 is 0 Å². The third kappa shape index (κ3) is 1.95. The topological polar surface area (TPSA) is 82.8 Å². The molecule has 0 spiro atoms. The molecule has 0 amide bonds. The molecule has 2 aromatic heterocycles. The second-order valence-corrected chi connectivity index (χ2v) is 4.72. The minimum absolute atomic E-state index is 0.477. The highest BCUT2D eigenvalue weighted by Gasteiger charge is 2.18. The molecule has 1 aromatic carbocycles. The first kappa shape index (κ1) is 12.4. The van der Waals surface area contributed by atoms with Gasteiger partial charge in [0.05, 0.1) is 11.3 Å². The van der Waals surface area contributed by atoms with Crippen LogP contribution < -0.4 is 5.73 Å². The van der Waals surface area contributed by atoms with Gasteiger partial charge < -0.3 is 10.3 Å². The Morgan fingerprint density at radius 1 is 1.25 bits per heavy atom. The second kappa shape index (κ2) is 4.48. The van der Waals surface area contributed by atoms with Crippen molar-refractivity contribution in [3.63, 3.8) is 0 Å². The molecule has 0 saturated heterocycles. The van der Waals surface area contributed by atoms with E-state index in [1.165, 1.54) is 0 Å². The summed E-state index contributed by atoms with van der Waals surface area (Å²) in [5, 5.41) is 8.37. The number of rotatable bonds is 2. The van der Waals surface area contributed by atoms with E-state index in [2.05, 4.69) is 15.2 Å². The lowest BCUT2D eigenvalue weighted by atomic mass is 10.2. The predicted molar refractivity (Wildman–Crippen MR) is 75.8 cm³/mol. The van der Waals surface area contributed by atoms with Gasteiger partial charge in [-0.25, -0.2) is 0 Å². The Bertz CT molecular complexity index is 772. The standard InChI is InChI=1S/C14H15N5O/c1-8-12(9(2)19(3)17-8)14-16-13(18-20-14)10-5-4-6-11(15)7-10/h4-7H,15H2,1-3H3. The van der Waals surface area contributed by atoms with E-state index in [0.29, 0.717) is 17.4 Å². The molecule has 3 rings (SSSR count). The van der Waals surface area contributed by atoms with Gasteiger partial charge in [-0.3, -0.25) is 4.68 Å². The Kier molecular flexibility index (Phi) is 2.78. The Morgan fingerprint density at radius 3 is 2.70 bits per heavy atom. The summed E-state index contributed by atoms with van der Waals surface area (Å²) in [6, 6.07) is 7.40. The Balaban J connectivity index is 2.06. The average molecular weight is 269 g/mol. The van der Waals surface area contributed by atoms with Gasteiger partial charge in [0, 0.05) is 24.0 Å². The monoisotopic (exact) mass is 269 g/mol. The smallest absolute Gasteiger partial charge is 0.261 e. The molecule has 0 unspecified atom stereocenters. The largest absolute Gasteiger partial charge is 0.399 e. The van der Waals surface area contributed by atoms with Crippen LogP contribution >= 0.6 is 0 Å². The molecule has 0 radical (unpaired) electrons. The number of hydrogen-bond acceptors (Lipinski definition) is 5. The van der Waals surface area contributed by atoms with Crippen LogP contribution in [0.4, 0.5) is 5.69 Å². The molecule has 0 fully saturated rings. The van der Waals surface area contributed by atoms with Crippen molar-refractivity contribution in [3.8, 4) is 22.8 Å². The van der Waals surface area contributed by atoms with Crippen LogP contribution in [-0.2, 0) is 7.05 Å². The number of hydrogen-bond donors (Lipinski definition) is 1. The second-order valence-electron chi connectivity index (χ2n) is 4.72. The number of aromatic nitrogens is 4. The maximum absolute atomic E-state index is 5.77. The summed E-state index contributed by atoms with van der Waals surface area (Å²) in [6.45, 7) is 3.90. The fraction of sp³-hybridized carbons (Fsp3) is 0.214. The van der Waals surface area contributed by atoms with Crippen LogP contribution in [0.2, 0.25) is 0 Å². The van der Waals surface area contributed by atoms with Crippen LogP contribution in [0.25, 0.3) is 22.8 Å². The number of benzene rings is 1. The first-order valence-corrected chi connectivity index (χ1v) is 6.26. The minimum Gasteiger partial charge on any atom is -0.399 e. The number of aryl methyl sites for hydroxylation is 2. The van der Waals surface area contributed by atoms with E-state index in [1.54, 1.807) is 4.68 Å². The summed E-state index contributed by atoms with van der Waals surface area (Å²) >= 11 is 0. The summed E-state index contributed by atoms with van der Waals surface area (Å²) in [7, 11) is 1.89. The Labute approximate surface area is 116 Å². The summed E-state index contributed by atoms with van der Waals surface area (Å²) in [5.74, 6) is 1.00. The maximum Gasteiger partial charge on any atom is 0.261 e. The lowest BCUT2D eigenvalue weighted by molar-refractivity contribution is 0.432. The van der Waals surface area contributed by atoms with Crippen molar-refractivity contribution in [2.45, 2.75) is 13.8 Å². The lowest BCUT2D eigenvalue weighted by Crippen LogP contribution is -1.92. The third-order valence-electron chi connectivity index (χ3n) is 3.29. The Hall–Kier alpha value is -2.63. The van der Waals surface area contributed by atoms with Gasteiger partial charge in [0.2, 0.25) is 5.82 Å². The van der Waals surface area contributed by atoms with E-state index >= 15 is 0 Å². The van der Waals surface area contributed by atoms with Crippen molar-refractivity contribution in [3.05, 3.63) is 35.7 Å². The maximum atomic E-state index is 5.77. The molecule has 6 nitrogen and oxygen atoms in total. The van der Waals surface area contributed by atoms with E-state index in [0.717, 1.165) is 22.5 Å². The van der Waals surface area contributed by atoms with Crippen LogP contribution in [0.5, 0.6) is 0 Å². The zero-order valence-electron chi connectivity index (χ0n) is 11.6. The van der Waals surface area contributed by atoms with Crippen LogP contribution in [0.1, 0.15) is 11.4 Å². The van der Waals surface area contributed by atoms with E-state index < -0.39 is 0 Å². The predicted octanol–water partition coefficient (Wildman–Crippen LogP) is 2.34. The molecule has 0 bridgehead atoms. The number of nitrogens with two attached hydrogens (primary N) is 1. The van der Waals surface area contributed by atoms with Gasteiger partial charge in [-0.05, 0) is 26.0 Å². The van der Waals surface area contributed by atoms with Crippen molar-refractivity contribution < 1.29 is 4.52 Å². The average Bonchev–Trinajstić information content (AvgIpc) is 2.96. The van der Waals surface area contributed by atoms with Crippen molar-refractivity contribution in [1.82, 2.24) is 19.9 Å². The molecule has 0 atom stereocenters. The molecule has 2 N–H and O–H groups in total. The molecule has 0 saturated carbocycles. The van der Waals surface area contributed by atoms with Crippen LogP contribution in [0, 0.1) is 13.8 Å². The van der Waals surface area contributed by atoms with Crippen LogP contribution in [0.3, 0.4) is 0 Å². The molecule has 0 aliphatic rings. The lowest BCUT2D eigenvalue weighted by Gasteiger charge is -1.96. The zero-order valence-corrected chi connectivity index (χ0v) is 11.6. The summed E-state index contributed by atoms with van der Waals surface area (Å²) < 4.78 is 7.17. The molecule has 0 aliphatic carbocycles. The van der Waals surface area contributed by atoms with E-state index in [1.807, 2.05) is 45.2 Å². The molecule has 102 valence electrons. The van der Waals surface area contributed by atoms with Gasteiger partial charge in [0.25, 0.3) is 5.89 Å². The number of anilines is 1. The highest BCUT2D eigenvalue weighted by atomic mass is 16.5. The zero-order chi connectivity index (χ0) is 14.3.